The van der Waals surface area contributed by atoms with Crippen molar-refractivity contribution in [2.75, 3.05) is 14.2 Å². The van der Waals surface area contributed by atoms with Crippen LogP contribution >= 0.6 is 0 Å². The average molecular weight is 405 g/mol. The summed E-state index contributed by atoms with van der Waals surface area (Å²) in [4.78, 5) is 13.9. The number of esters is 1. The summed E-state index contributed by atoms with van der Waals surface area (Å²) in [7, 11) is 3.24. The van der Waals surface area contributed by atoms with Gasteiger partial charge in [-0.3, -0.25) is 4.79 Å². The standard InChI is InChI=1S/C26H28O4/c1-25(2,3)30-24(27)26(19-9-7-6-8-10-19,20-11-15-22(28-4)16-12-20)21-13-17-23(29-5)18-14-21/h6-18H,1-5H3. The normalized spacial score (nSPS) is 11.6. The number of hydrogen-bond acceptors (Lipinski definition) is 4. The molecule has 0 bridgehead atoms. The third-order valence-electron chi connectivity index (χ3n) is 4.96. The molecule has 0 atom stereocenters. The molecule has 3 aromatic rings. The van der Waals surface area contributed by atoms with Gasteiger partial charge in [-0.2, -0.15) is 0 Å². The van der Waals surface area contributed by atoms with Gasteiger partial charge in [-0.15, -0.1) is 0 Å². The van der Waals surface area contributed by atoms with Crippen molar-refractivity contribution in [3.63, 3.8) is 0 Å². The molecule has 0 N–H and O–H groups in total. The predicted molar refractivity (Wildman–Crippen MR) is 118 cm³/mol. The molecule has 4 heteroatoms. The molecule has 0 spiro atoms. The van der Waals surface area contributed by atoms with Gasteiger partial charge in [-0.1, -0.05) is 54.6 Å². The van der Waals surface area contributed by atoms with Gasteiger partial charge in [0.05, 0.1) is 14.2 Å². The van der Waals surface area contributed by atoms with Crippen LogP contribution in [0.15, 0.2) is 78.9 Å². The summed E-state index contributed by atoms with van der Waals surface area (Å²) in [5, 5.41) is 0. The van der Waals surface area contributed by atoms with Crippen LogP contribution in [-0.4, -0.2) is 25.8 Å². The molecule has 3 rings (SSSR count). The molecule has 0 saturated heterocycles. The van der Waals surface area contributed by atoms with Crippen LogP contribution in [0.25, 0.3) is 0 Å². The zero-order valence-corrected chi connectivity index (χ0v) is 18.1. The largest absolute Gasteiger partial charge is 0.497 e. The molecule has 0 heterocycles. The Labute approximate surface area is 178 Å². The molecule has 0 fully saturated rings. The Morgan fingerprint density at radius 3 is 1.40 bits per heavy atom. The van der Waals surface area contributed by atoms with Crippen LogP contribution in [0.1, 0.15) is 37.5 Å². The fourth-order valence-corrected chi connectivity index (χ4v) is 3.58. The molecular formula is C26H28O4. The highest BCUT2D eigenvalue weighted by Gasteiger charge is 2.46. The maximum absolute atomic E-state index is 13.9. The average Bonchev–Trinajstić information content (AvgIpc) is 2.75. The summed E-state index contributed by atoms with van der Waals surface area (Å²) in [6, 6.07) is 24.8. The maximum Gasteiger partial charge on any atom is 0.326 e. The highest BCUT2D eigenvalue weighted by molar-refractivity contribution is 5.92. The van der Waals surface area contributed by atoms with Crippen molar-refractivity contribution in [1.29, 1.82) is 0 Å². The van der Waals surface area contributed by atoms with Gasteiger partial charge >= 0.3 is 5.97 Å². The zero-order chi connectivity index (χ0) is 21.8. The third kappa shape index (κ3) is 4.18. The van der Waals surface area contributed by atoms with Crippen LogP contribution in [0.5, 0.6) is 11.5 Å². The minimum atomic E-state index is -1.15. The van der Waals surface area contributed by atoms with E-state index in [2.05, 4.69) is 0 Å². The van der Waals surface area contributed by atoms with E-state index in [0.717, 1.165) is 28.2 Å². The number of benzene rings is 3. The van der Waals surface area contributed by atoms with Gasteiger partial charge < -0.3 is 14.2 Å². The van der Waals surface area contributed by atoms with Gasteiger partial charge in [-0.25, -0.2) is 0 Å². The van der Waals surface area contributed by atoms with Crippen molar-refractivity contribution >= 4 is 5.97 Å². The Kier molecular flexibility index (Phi) is 6.16. The van der Waals surface area contributed by atoms with Crippen LogP contribution in [0.2, 0.25) is 0 Å². The van der Waals surface area contributed by atoms with Crippen molar-refractivity contribution in [3.05, 3.63) is 95.6 Å². The Bertz CT molecular complexity index is 921. The number of methoxy groups -OCH3 is 2. The Hall–Kier alpha value is -3.27. The Morgan fingerprint density at radius 1 is 0.633 bits per heavy atom. The molecule has 0 saturated carbocycles. The lowest BCUT2D eigenvalue weighted by molar-refractivity contribution is -0.158. The fourth-order valence-electron chi connectivity index (χ4n) is 3.58. The second kappa shape index (κ2) is 8.62. The van der Waals surface area contributed by atoms with Gasteiger partial charge in [0.2, 0.25) is 0 Å². The van der Waals surface area contributed by atoms with Crippen LogP contribution in [0, 0.1) is 0 Å². The zero-order valence-electron chi connectivity index (χ0n) is 18.1. The smallest absolute Gasteiger partial charge is 0.326 e. The summed E-state index contributed by atoms with van der Waals surface area (Å²) in [6.07, 6.45) is 0. The molecule has 0 aromatic heterocycles. The molecule has 0 aliphatic rings. The molecule has 0 aliphatic carbocycles. The molecule has 0 unspecified atom stereocenters. The lowest BCUT2D eigenvalue weighted by Gasteiger charge is -2.36. The van der Waals surface area contributed by atoms with E-state index in [9.17, 15) is 4.79 Å². The van der Waals surface area contributed by atoms with Gasteiger partial charge in [0, 0.05) is 0 Å². The second-order valence-corrected chi connectivity index (χ2v) is 8.07. The number of carbonyl (C=O) groups is 1. The van der Waals surface area contributed by atoms with E-state index >= 15 is 0 Å². The Morgan fingerprint density at radius 2 is 1.03 bits per heavy atom. The van der Waals surface area contributed by atoms with E-state index in [1.165, 1.54) is 0 Å². The fraction of sp³-hybridized carbons (Fsp3) is 0.269. The first-order valence-electron chi connectivity index (χ1n) is 9.89. The lowest BCUT2D eigenvalue weighted by atomic mass is 9.69. The van der Waals surface area contributed by atoms with Crippen molar-refractivity contribution in [3.8, 4) is 11.5 Å². The quantitative estimate of drug-likeness (QED) is 0.409. The van der Waals surface area contributed by atoms with Gasteiger partial charge in [0.25, 0.3) is 0 Å². The lowest BCUT2D eigenvalue weighted by Crippen LogP contribution is -2.43. The number of rotatable bonds is 6. The first-order valence-corrected chi connectivity index (χ1v) is 9.89. The topological polar surface area (TPSA) is 44.8 Å². The summed E-state index contributed by atoms with van der Waals surface area (Å²) in [5.41, 5.74) is 0.640. The van der Waals surface area contributed by atoms with Crippen molar-refractivity contribution in [2.24, 2.45) is 0 Å². The number of ether oxygens (including phenoxy) is 3. The van der Waals surface area contributed by atoms with Crippen LogP contribution in [0.4, 0.5) is 0 Å². The van der Waals surface area contributed by atoms with Crippen molar-refractivity contribution in [2.45, 2.75) is 31.8 Å². The summed E-state index contributed by atoms with van der Waals surface area (Å²) in [5.74, 6) is 1.11. The van der Waals surface area contributed by atoms with Crippen molar-refractivity contribution < 1.29 is 19.0 Å². The van der Waals surface area contributed by atoms with E-state index in [0.29, 0.717) is 0 Å². The van der Waals surface area contributed by atoms with E-state index in [1.54, 1.807) is 14.2 Å². The molecule has 0 radical (unpaired) electrons. The van der Waals surface area contributed by atoms with E-state index in [4.69, 9.17) is 14.2 Å². The molecule has 156 valence electrons. The minimum absolute atomic E-state index is 0.337. The van der Waals surface area contributed by atoms with E-state index < -0.39 is 11.0 Å². The highest BCUT2D eigenvalue weighted by atomic mass is 16.6. The molecule has 3 aromatic carbocycles. The molecule has 0 amide bonds. The van der Waals surface area contributed by atoms with E-state index in [1.807, 2.05) is 99.6 Å². The summed E-state index contributed by atoms with van der Waals surface area (Å²) >= 11 is 0. The van der Waals surface area contributed by atoms with E-state index in [-0.39, 0.29) is 5.97 Å². The molecular weight excluding hydrogens is 376 g/mol. The first kappa shape index (κ1) is 21.4. The van der Waals surface area contributed by atoms with Crippen LogP contribution < -0.4 is 9.47 Å². The summed E-state index contributed by atoms with van der Waals surface area (Å²) in [6.45, 7) is 5.63. The van der Waals surface area contributed by atoms with Gasteiger partial charge in [0.15, 0.2) is 0 Å². The SMILES string of the molecule is COc1ccc(C(C(=O)OC(C)(C)C)(c2ccccc2)c2ccc(OC)cc2)cc1. The number of hydrogen-bond donors (Lipinski definition) is 0. The van der Waals surface area contributed by atoms with Crippen molar-refractivity contribution in [1.82, 2.24) is 0 Å². The monoisotopic (exact) mass is 404 g/mol. The predicted octanol–water partition coefficient (Wildman–Crippen LogP) is 5.38. The Balaban J connectivity index is 2.33. The van der Waals surface area contributed by atoms with Gasteiger partial charge in [0.1, 0.15) is 22.5 Å². The second-order valence-electron chi connectivity index (χ2n) is 8.07. The number of carbonyl (C=O) groups excluding carboxylic acids is 1. The third-order valence-corrected chi connectivity index (χ3v) is 4.96. The van der Waals surface area contributed by atoms with Crippen LogP contribution in [-0.2, 0) is 14.9 Å². The maximum atomic E-state index is 13.9. The molecule has 4 nitrogen and oxygen atoms in total. The highest BCUT2D eigenvalue weighted by Crippen LogP contribution is 2.42. The molecule has 30 heavy (non-hydrogen) atoms. The van der Waals surface area contributed by atoms with Gasteiger partial charge in [-0.05, 0) is 61.7 Å². The summed E-state index contributed by atoms with van der Waals surface area (Å²) < 4.78 is 16.6. The minimum Gasteiger partial charge on any atom is -0.497 e. The molecule has 0 aliphatic heterocycles. The first-order chi connectivity index (χ1) is 14.3. The van der Waals surface area contributed by atoms with Crippen LogP contribution in [0.3, 0.4) is 0 Å².